The van der Waals surface area contributed by atoms with Crippen molar-refractivity contribution in [2.75, 3.05) is 12.4 Å². The van der Waals surface area contributed by atoms with E-state index >= 15 is 0 Å². The van der Waals surface area contributed by atoms with Gasteiger partial charge in [0.2, 0.25) is 5.88 Å². The molecule has 0 aliphatic rings. The molecule has 0 atom stereocenters. The molecule has 0 spiro atoms. The van der Waals surface area contributed by atoms with Crippen LogP contribution in [0.15, 0.2) is 71.1 Å². The van der Waals surface area contributed by atoms with E-state index < -0.39 is 5.97 Å². The summed E-state index contributed by atoms with van der Waals surface area (Å²) in [5.41, 5.74) is 5.05. The third-order valence-electron chi connectivity index (χ3n) is 5.75. The van der Waals surface area contributed by atoms with Crippen LogP contribution >= 0.6 is 0 Å². The molecule has 0 saturated carbocycles. The number of aryl methyl sites for hydroxylation is 3. The number of furan rings is 1. The highest BCUT2D eigenvalue weighted by Gasteiger charge is 2.24. The van der Waals surface area contributed by atoms with Crippen LogP contribution in [-0.2, 0) is 6.42 Å². The highest BCUT2D eigenvalue weighted by Crippen LogP contribution is 2.46. The number of aromatic hydroxyl groups is 1. The van der Waals surface area contributed by atoms with Gasteiger partial charge in [-0.1, -0.05) is 67.6 Å². The predicted octanol–water partition coefficient (Wildman–Crippen LogP) is 6.76. The normalized spacial score (nSPS) is 10.8. The Morgan fingerprint density at radius 1 is 0.970 bits per heavy atom. The number of hydrogen-bond acceptors (Lipinski definition) is 5. The van der Waals surface area contributed by atoms with Crippen LogP contribution in [0.1, 0.15) is 34.0 Å². The summed E-state index contributed by atoms with van der Waals surface area (Å²) >= 11 is 0. The minimum absolute atomic E-state index is 0.0175. The number of carbonyl (C=O) groups excluding carboxylic acids is 1. The maximum atomic E-state index is 13.2. The summed E-state index contributed by atoms with van der Waals surface area (Å²) in [7, 11) is 1.73. The molecule has 0 radical (unpaired) electrons. The van der Waals surface area contributed by atoms with E-state index in [0.29, 0.717) is 40.5 Å². The lowest BCUT2D eigenvalue weighted by Gasteiger charge is -2.13. The van der Waals surface area contributed by atoms with Crippen molar-refractivity contribution < 1.29 is 19.1 Å². The monoisotopic (exact) mass is 441 g/mol. The number of anilines is 1. The molecule has 5 heteroatoms. The van der Waals surface area contributed by atoms with Gasteiger partial charge in [0.05, 0.1) is 11.1 Å². The van der Waals surface area contributed by atoms with Crippen molar-refractivity contribution in [3.63, 3.8) is 0 Å². The Labute approximate surface area is 193 Å². The van der Waals surface area contributed by atoms with Gasteiger partial charge in [-0.15, -0.1) is 0 Å². The molecule has 1 aromatic heterocycles. The molecule has 168 valence electrons. The highest BCUT2D eigenvalue weighted by atomic mass is 16.5. The molecule has 0 saturated heterocycles. The molecule has 3 aromatic carbocycles. The molecular formula is C28H27NO4. The number of carbonyl (C=O) groups is 1. The zero-order chi connectivity index (χ0) is 23.5. The minimum atomic E-state index is -0.427. The molecule has 0 amide bonds. The van der Waals surface area contributed by atoms with Crippen LogP contribution in [0.3, 0.4) is 0 Å². The van der Waals surface area contributed by atoms with Gasteiger partial charge in [0.15, 0.2) is 11.5 Å². The summed E-state index contributed by atoms with van der Waals surface area (Å²) in [5.74, 6) is 0.953. The van der Waals surface area contributed by atoms with Gasteiger partial charge in [0.25, 0.3) is 0 Å². The summed E-state index contributed by atoms with van der Waals surface area (Å²) in [6, 6.07) is 20.7. The number of nitrogens with one attached hydrogen (secondary N) is 1. The van der Waals surface area contributed by atoms with Crippen molar-refractivity contribution in [2.24, 2.45) is 0 Å². The Morgan fingerprint density at radius 2 is 1.67 bits per heavy atom. The van der Waals surface area contributed by atoms with Crippen LogP contribution in [0.5, 0.6) is 11.5 Å². The standard InChI is InChI=1S/C28H27NO4/c1-5-19-14-15-21(16-22(19)28(31)33-25-17(2)10-9-11-18(25)3)23-24(30)26(32-27(23)29-4)20-12-7-6-8-13-20/h6-16,29-30H,5H2,1-4H3. The van der Waals surface area contributed by atoms with Crippen molar-refractivity contribution in [3.8, 4) is 33.9 Å². The van der Waals surface area contributed by atoms with E-state index in [1.807, 2.05) is 81.4 Å². The molecule has 0 fully saturated rings. The Hall–Kier alpha value is -3.99. The fourth-order valence-electron chi connectivity index (χ4n) is 3.99. The smallest absolute Gasteiger partial charge is 0.343 e. The first-order valence-electron chi connectivity index (χ1n) is 10.9. The molecule has 2 N–H and O–H groups in total. The van der Waals surface area contributed by atoms with Crippen molar-refractivity contribution in [2.45, 2.75) is 27.2 Å². The van der Waals surface area contributed by atoms with Crippen LogP contribution in [-0.4, -0.2) is 18.1 Å². The number of rotatable bonds is 6. The minimum Gasteiger partial charge on any atom is -0.504 e. The number of hydrogen-bond donors (Lipinski definition) is 2. The Morgan fingerprint density at radius 3 is 2.30 bits per heavy atom. The van der Waals surface area contributed by atoms with Gasteiger partial charge in [-0.05, 0) is 48.6 Å². The van der Waals surface area contributed by atoms with E-state index in [2.05, 4.69) is 5.32 Å². The molecule has 5 nitrogen and oxygen atoms in total. The van der Waals surface area contributed by atoms with E-state index in [9.17, 15) is 9.90 Å². The van der Waals surface area contributed by atoms with Crippen molar-refractivity contribution in [3.05, 3.63) is 89.0 Å². The largest absolute Gasteiger partial charge is 0.504 e. The fourth-order valence-corrected chi connectivity index (χ4v) is 3.99. The summed E-state index contributed by atoms with van der Waals surface area (Å²) < 4.78 is 11.8. The quantitative estimate of drug-likeness (QED) is 0.255. The molecule has 4 rings (SSSR count). The second kappa shape index (κ2) is 9.25. The molecule has 33 heavy (non-hydrogen) atoms. The summed E-state index contributed by atoms with van der Waals surface area (Å²) in [4.78, 5) is 13.2. The second-order valence-corrected chi connectivity index (χ2v) is 7.94. The first kappa shape index (κ1) is 22.2. The lowest BCUT2D eigenvalue weighted by atomic mass is 9.97. The molecule has 0 unspecified atom stereocenters. The van der Waals surface area contributed by atoms with Crippen LogP contribution in [0.25, 0.3) is 22.5 Å². The van der Waals surface area contributed by atoms with Gasteiger partial charge >= 0.3 is 5.97 Å². The molecule has 0 aliphatic heterocycles. The number of para-hydroxylation sites is 1. The lowest BCUT2D eigenvalue weighted by molar-refractivity contribution is 0.0731. The van der Waals surface area contributed by atoms with E-state index in [-0.39, 0.29) is 5.75 Å². The van der Waals surface area contributed by atoms with Crippen molar-refractivity contribution >= 4 is 11.9 Å². The van der Waals surface area contributed by atoms with Gasteiger partial charge < -0.3 is 19.6 Å². The van der Waals surface area contributed by atoms with Crippen molar-refractivity contribution in [1.29, 1.82) is 0 Å². The lowest BCUT2D eigenvalue weighted by Crippen LogP contribution is -2.13. The molecule has 0 aliphatic carbocycles. The zero-order valence-electron chi connectivity index (χ0n) is 19.2. The fraction of sp³-hybridized carbons (Fsp3) is 0.179. The van der Waals surface area contributed by atoms with Crippen LogP contribution in [0.4, 0.5) is 5.88 Å². The predicted molar refractivity (Wildman–Crippen MR) is 131 cm³/mol. The summed E-state index contributed by atoms with van der Waals surface area (Å²) in [6.07, 6.45) is 0.670. The molecule has 4 aromatic rings. The average Bonchev–Trinajstić information content (AvgIpc) is 3.17. The summed E-state index contributed by atoms with van der Waals surface area (Å²) in [6.45, 7) is 5.83. The van der Waals surface area contributed by atoms with Crippen LogP contribution in [0.2, 0.25) is 0 Å². The van der Waals surface area contributed by atoms with Gasteiger partial charge in [0, 0.05) is 12.6 Å². The van der Waals surface area contributed by atoms with E-state index in [1.54, 1.807) is 13.1 Å². The molecule has 1 heterocycles. The number of benzene rings is 3. The van der Waals surface area contributed by atoms with Crippen LogP contribution < -0.4 is 10.1 Å². The Kier molecular flexibility index (Phi) is 6.22. The third-order valence-corrected chi connectivity index (χ3v) is 5.75. The molecule has 0 bridgehead atoms. The Bertz CT molecular complexity index is 1280. The molecular weight excluding hydrogens is 414 g/mol. The van der Waals surface area contributed by atoms with E-state index in [0.717, 1.165) is 22.3 Å². The van der Waals surface area contributed by atoms with Crippen LogP contribution in [0, 0.1) is 13.8 Å². The van der Waals surface area contributed by atoms with Crippen molar-refractivity contribution in [1.82, 2.24) is 0 Å². The van der Waals surface area contributed by atoms with E-state index in [4.69, 9.17) is 9.15 Å². The third kappa shape index (κ3) is 4.22. The Balaban J connectivity index is 1.79. The first-order chi connectivity index (χ1) is 15.9. The maximum absolute atomic E-state index is 13.2. The van der Waals surface area contributed by atoms with E-state index in [1.165, 1.54) is 0 Å². The zero-order valence-corrected chi connectivity index (χ0v) is 19.2. The van der Waals surface area contributed by atoms with Gasteiger partial charge in [-0.3, -0.25) is 0 Å². The first-order valence-corrected chi connectivity index (χ1v) is 10.9. The van der Waals surface area contributed by atoms with Gasteiger partial charge in [-0.2, -0.15) is 0 Å². The highest BCUT2D eigenvalue weighted by molar-refractivity contribution is 5.96. The maximum Gasteiger partial charge on any atom is 0.343 e. The van der Waals surface area contributed by atoms with Gasteiger partial charge in [-0.25, -0.2) is 4.79 Å². The SMILES string of the molecule is CCc1ccc(-c2c(NC)oc(-c3ccccc3)c2O)cc1C(=O)Oc1c(C)cccc1C. The average molecular weight is 442 g/mol. The topological polar surface area (TPSA) is 71.7 Å². The second-order valence-electron chi connectivity index (χ2n) is 7.94. The summed E-state index contributed by atoms with van der Waals surface area (Å²) in [5, 5.41) is 14.1. The van der Waals surface area contributed by atoms with Gasteiger partial charge in [0.1, 0.15) is 5.75 Å². The number of esters is 1. The number of ether oxygens (including phenoxy) is 1.